The van der Waals surface area contributed by atoms with Gasteiger partial charge in [-0.15, -0.1) is 0 Å². The number of amides is 1. The molecule has 0 aliphatic carbocycles. The Morgan fingerprint density at radius 2 is 1.53 bits per heavy atom. The van der Waals surface area contributed by atoms with Gasteiger partial charge in [-0.2, -0.15) is 0 Å². The summed E-state index contributed by atoms with van der Waals surface area (Å²) >= 11 is 0. The van der Waals surface area contributed by atoms with E-state index in [0.717, 1.165) is 68.4 Å². The Bertz CT molecular complexity index is 1280. The van der Waals surface area contributed by atoms with Crippen molar-refractivity contribution in [2.75, 3.05) is 77.4 Å². The van der Waals surface area contributed by atoms with Gasteiger partial charge < -0.3 is 29.5 Å². The van der Waals surface area contributed by atoms with E-state index in [1.807, 2.05) is 12.3 Å². The first-order valence-electron chi connectivity index (χ1n) is 16.6. The lowest BCUT2D eigenvalue weighted by Crippen LogP contribution is -2.47. The molecule has 2 aromatic carbocycles. The molecule has 7 heteroatoms. The third-order valence-corrected chi connectivity index (χ3v) is 9.78. The zero-order valence-corrected chi connectivity index (χ0v) is 26.1. The van der Waals surface area contributed by atoms with E-state index in [1.54, 1.807) is 0 Å². The van der Waals surface area contributed by atoms with Crippen molar-refractivity contribution in [3.63, 3.8) is 0 Å². The van der Waals surface area contributed by atoms with Gasteiger partial charge in [-0.1, -0.05) is 48.9 Å². The van der Waals surface area contributed by atoms with Gasteiger partial charge in [-0.05, 0) is 95.1 Å². The maximum atomic E-state index is 13.6. The number of likely N-dealkylation sites (N-methyl/N-ethyl adjacent to an activating group) is 1. The highest BCUT2D eigenvalue weighted by molar-refractivity contribution is 6.01. The van der Waals surface area contributed by atoms with Crippen molar-refractivity contribution >= 4 is 11.6 Å². The van der Waals surface area contributed by atoms with Crippen LogP contribution in [0.15, 0.2) is 67.0 Å². The van der Waals surface area contributed by atoms with E-state index < -0.39 is 0 Å². The number of rotatable bonds is 10. The molecule has 1 N–H and O–H groups in total. The summed E-state index contributed by atoms with van der Waals surface area (Å²) in [4.78, 5) is 23.7. The van der Waals surface area contributed by atoms with Crippen LogP contribution in [0.1, 0.15) is 54.4 Å². The van der Waals surface area contributed by atoms with Crippen molar-refractivity contribution < 1.29 is 4.79 Å². The van der Waals surface area contributed by atoms with Crippen LogP contribution in [0.3, 0.4) is 0 Å². The maximum absolute atomic E-state index is 13.6. The lowest BCUT2D eigenvalue weighted by molar-refractivity contribution is 0.0903. The predicted molar refractivity (Wildman–Crippen MR) is 177 cm³/mol. The van der Waals surface area contributed by atoms with Crippen molar-refractivity contribution in [1.29, 1.82) is 0 Å². The number of nitrogens with one attached hydrogen (secondary N) is 1. The summed E-state index contributed by atoms with van der Waals surface area (Å²) < 4.78 is 2.15. The van der Waals surface area contributed by atoms with E-state index in [4.69, 9.17) is 0 Å². The van der Waals surface area contributed by atoms with Gasteiger partial charge in [-0.25, -0.2) is 0 Å². The third kappa shape index (κ3) is 7.88. The number of hydrogen-bond acceptors (Lipinski definition) is 5. The monoisotopic (exact) mass is 582 g/mol. The number of anilines is 1. The van der Waals surface area contributed by atoms with Crippen LogP contribution in [0.2, 0.25) is 0 Å². The Hall–Kier alpha value is -3.13. The zero-order chi connectivity index (χ0) is 29.4. The van der Waals surface area contributed by atoms with Crippen molar-refractivity contribution in [3.05, 3.63) is 78.1 Å². The van der Waals surface area contributed by atoms with Crippen LogP contribution in [-0.4, -0.2) is 104 Å². The number of aromatic nitrogens is 1. The molecule has 6 rings (SSSR count). The molecule has 0 atom stereocenters. The van der Waals surface area contributed by atoms with Crippen molar-refractivity contribution in [3.8, 4) is 11.1 Å². The topological polar surface area (TPSA) is 47.0 Å². The second-order valence-electron chi connectivity index (χ2n) is 12.9. The highest BCUT2D eigenvalue weighted by Gasteiger charge is 2.25. The second-order valence-corrected chi connectivity index (χ2v) is 12.9. The van der Waals surface area contributed by atoms with Gasteiger partial charge in [0.15, 0.2) is 0 Å². The van der Waals surface area contributed by atoms with E-state index >= 15 is 0 Å². The molecule has 3 saturated heterocycles. The highest BCUT2D eigenvalue weighted by atomic mass is 16.1. The summed E-state index contributed by atoms with van der Waals surface area (Å²) in [6, 6.07) is 20.0. The summed E-state index contributed by atoms with van der Waals surface area (Å²) in [6.45, 7) is 11.8. The molecule has 3 aromatic rings. The molecule has 43 heavy (non-hydrogen) atoms. The number of nitrogens with zero attached hydrogens (tertiary/aromatic N) is 5. The van der Waals surface area contributed by atoms with Crippen LogP contribution < -0.4 is 10.2 Å². The van der Waals surface area contributed by atoms with E-state index in [1.165, 1.54) is 69.5 Å². The SMILES string of the molecule is CN1CCN(c2ccc(-c3cn(Cc4ccccc4)cc3C(=O)NCCCN3CCC(N4CCCCC4)CC3)cc2)CC1. The molecule has 0 bridgehead atoms. The molecule has 3 aliphatic heterocycles. The molecule has 7 nitrogen and oxygen atoms in total. The minimum atomic E-state index is 0.0220. The molecule has 0 unspecified atom stereocenters. The lowest BCUT2D eigenvalue weighted by Gasteiger charge is -2.40. The average molecular weight is 583 g/mol. The first-order chi connectivity index (χ1) is 21.1. The molecule has 3 fully saturated rings. The quantitative estimate of drug-likeness (QED) is 0.340. The Morgan fingerprint density at radius 3 is 2.26 bits per heavy atom. The van der Waals surface area contributed by atoms with Crippen molar-refractivity contribution in [1.82, 2.24) is 24.6 Å². The highest BCUT2D eigenvalue weighted by Crippen LogP contribution is 2.28. The predicted octanol–water partition coefficient (Wildman–Crippen LogP) is 5.03. The first kappa shape index (κ1) is 29.9. The Labute approximate surface area is 258 Å². The van der Waals surface area contributed by atoms with Crippen LogP contribution in [0.25, 0.3) is 11.1 Å². The van der Waals surface area contributed by atoms with Crippen LogP contribution in [0.5, 0.6) is 0 Å². The van der Waals surface area contributed by atoms with E-state index in [2.05, 4.69) is 91.3 Å². The standard InChI is InChI=1S/C36H50N6O/c1-38-23-25-42(26-24-38)32-13-11-31(12-14-32)34-28-40(27-30-9-4-2-5-10-30)29-35(34)36(43)37-17-8-18-39-21-15-33(16-22-39)41-19-6-3-7-20-41/h2,4-5,9-14,28-29,33H,3,6-8,15-27H2,1H3,(H,37,43). The van der Waals surface area contributed by atoms with E-state index in [0.29, 0.717) is 6.54 Å². The van der Waals surface area contributed by atoms with Crippen molar-refractivity contribution in [2.45, 2.75) is 51.1 Å². The fourth-order valence-electron chi connectivity index (χ4n) is 7.11. The molecule has 0 radical (unpaired) electrons. The molecule has 1 aromatic heterocycles. The number of likely N-dealkylation sites (tertiary alicyclic amines) is 2. The Kier molecular flexibility index (Phi) is 10.1. The fraction of sp³-hybridized carbons (Fsp3) is 0.528. The normalized spacial score (nSPS) is 19.5. The van der Waals surface area contributed by atoms with Gasteiger partial charge >= 0.3 is 0 Å². The van der Waals surface area contributed by atoms with E-state index in [-0.39, 0.29) is 5.91 Å². The average Bonchev–Trinajstić information content (AvgIpc) is 3.48. The third-order valence-electron chi connectivity index (χ3n) is 9.78. The van der Waals surface area contributed by atoms with Crippen LogP contribution >= 0.6 is 0 Å². The Morgan fingerprint density at radius 1 is 0.814 bits per heavy atom. The molecule has 0 spiro atoms. The number of hydrogen-bond donors (Lipinski definition) is 1. The van der Waals surface area contributed by atoms with Gasteiger partial charge in [0.2, 0.25) is 0 Å². The van der Waals surface area contributed by atoms with Gasteiger partial charge in [0.1, 0.15) is 0 Å². The number of piperidine rings is 2. The van der Waals surface area contributed by atoms with Gasteiger partial charge in [0.05, 0.1) is 5.56 Å². The number of carbonyl (C=O) groups is 1. The molecule has 0 saturated carbocycles. The van der Waals surface area contributed by atoms with Crippen molar-refractivity contribution in [2.24, 2.45) is 0 Å². The molecular formula is C36H50N6O. The molecular weight excluding hydrogens is 532 g/mol. The first-order valence-corrected chi connectivity index (χ1v) is 16.6. The molecule has 1 amide bonds. The number of carbonyl (C=O) groups excluding carboxylic acids is 1. The number of benzene rings is 2. The Balaban J connectivity index is 1.06. The van der Waals surface area contributed by atoms with Crippen LogP contribution in [-0.2, 0) is 6.54 Å². The van der Waals surface area contributed by atoms with Gasteiger partial charge in [-0.3, -0.25) is 4.79 Å². The summed E-state index contributed by atoms with van der Waals surface area (Å²) in [5.41, 5.74) is 5.33. The molecule has 230 valence electrons. The second kappa shape index (κ2) is 14.6. The van der Waals surface area contributed by atoms with Gasteiger partial charge in [0, 0.05) is 69.0 Å². The van der Waals surface area contributed by atoms with Crippen LogP contribution in [0, 0.1) is 0 Å². The maximum Gasteiger partial charge on any atom is 0.253 e. The fourth-order valence-corrected chi connectivity index (χ4v) is 7.11. The smallest absolute Gasteiger partial charge is 0.253 e. The largest absolute Gasteiger partial charge is 0.369 e. The number of piperazine rings is 1. The zero-order valence-electron chi connectivity index (χ0n) is 26.1. The minimum absolute atomic E-state index is 0.0220. The minimum Gasteiger partial charge on any atom is -0.369 e. The summed E-state index contributed by atoms with van der Waals surface area (Å²) in [7, 11) is 2.19. The van der Waals surface area contributed by atoms with Gasteiger partial charge in [0.25, 0.3) is 5.91 Å². The van der Waals surface area contributed by atoms with E-state index in [9.17, 15) is 4.79 Å². The lowest BCUT2D eigenvalue weighted by atomic mass is 10.00. The molecule has 4 heterocycles. The summed E-state index contributed by atoms with van der Waals surface area (Å²) in [5, 5.41) is 3.25. The summed E-state index contributed by atoms with van der Waals surface area (Å²) in [5.74, 6) is 0.0220. The summed E-state index contributed by atoms with van der Waals surface area (Å²) in [6.07, 6.45) is 11.9. The molecule has 3 aliphatic rings. The van der Waals surface area contributed by atoms with Crippen LogP contribution in [0.4, 0.5) is 5.69 Å².